The fourth-order valence-electron chi connectivity index (χ4n) is 1.31. The maximum Gasteiger partial charge on any atom is 0.0121 e. The zero-order chi connectivity index (χ0) is 10.5. The lowest BCUT2D eigenvalue weighted by atomic mass is 10.1. The Morgan fingerprint density at radius 2 is 1.57 bits per heavy atom. The molecule has 0 nitrogen and oxygen atoms in total. The van der Waals surface area contributed by atoms with Gasteiger partial charge in [0.15, 0.2) is 0 Å². The van der Waals surface area contributed by atoms with Crippen LogP contribution in [-0.2, 0) is 0 Å². The number of hydrogen-bond donors (Lipinski definition) is 0. The van der Waals surface area contributed by atoms with Crippen molar-refractivity contribution >= 4 is 0 Å². The first-order valence-corrected chi connectivity index (χ1v) is 5.61. The van der Waals surface area contributed by atoms with Crippen molar-refractivity contribution in [3.05, 3.63) is 24.8 Å². The zero-order valence-corrected chi connectivity index (χ0v) is 9.17. The Kier molecular flexibility index (Phi) is 11.2. The van der Waals surface area contributed by atoms with Crippen molar-refractivity contribution < 1.29 is 0 Å². The van der Waals surface area contributed by atoms with E-state index in [0.717, 1.165) is 19.3 Å². The molecule has 0 saturated heterocycles. The third-order valence-electron chi connectivity index (χ3n) is 2.15. The molecule has 0 unspecified atom stereocenters. The molecular weight excluding hydrogens is 168 g/mol. The van der Waals surface area contributed by atoms with Crippen LogP contribution in [0.5, 0.6) is 0 Å². The number of unbranched alkanes of at least 4 members (excludes halogenated alkanes) is 6. The minimum Gasteiger partial charge on any atom is -0.120 e. The topological polar surface area (TPSA) is 0 Å². The van der Waals surface area contributed by atoms with Gasteiger partial charge in [-0.25, -0.2) is 0 Å². The van der Waals surface area contributed by atoms with Gasteiger partial charge in [0.25, 0.3) is 0 Å². The number of terminal acetylenes is 1. The highest BCUT2D eigenvalue weighted by Gasteiger charge is 1.86. The van der Waals surface area contributed by atoms with Gasteiger partial charge in [-0.1, -0.05) is 31.1 Å². The van der Waals surface area contributed by atoms with Crippen LogP contribution in [0.4, 0.5) is 0 Å². The van der Waals surface area contributed by atoms with Gasteiger partial charge in [0.05, 0.1) is 0 Å². The molecule has 0 aromatic carbocycles. The van der Waals surface area contributed by atoms with Crippen molar-refractivity contribution in [2.24, 2.45) is 0 Å². The molecule has 0 heterocycles. The third-order valence-corrected chi connectivity index (χ3v) is 2.15. The Hall–Kier alpha value is -0.960. The van der Waals surface area contributed by atoms with E-state index in [4.69, 9.17) is 6.42 Å². The Morgan fingerprint density at radius 1 is 0.929 bits per heavy atom. The first kappa shape index (κ1) is 13.0. The summed E-state index contributed by atoms with van der Waals surface area (Å²) in [5.41, 5.74) is 0. The molecule has 0 aromatic heterocycles. The van der Waals surface area contributed by atoms with Crippen LogP contribution in [0.3, 0.4) is 0 Å². The summed E-state index contributed by atoms with van der Waals surface area (Å²) < 4.78 is 0. The summed E-state index contributed by atoms with van der Waals surface area (Å²) in [6.45, 7) is 3.71. The van der Waals surface area contributed by atoms with Crippen molar-refractivity contribution in [3.63, 3.8) is 0 Å². The summed E-state index contributed by atoms with van der Waals surface area (Å²) in [7, 11) is 0. The zero-order valence-electron chi connectivity index (χ0n) is 9.17. The second kappa shape index (κ2) is 12.0. The van der Waals surface area contributed by atoms with Crippen molar-refractivity contribution in [1.29, 1.82) is 0 Å². The minimum atomic E-state index is 0.871. The van der Waals surface area contributed by atoms with Crippen LogP contribution in [0.1, 0.15) is 51.4 Å². The molecule has 0 N–H and O–H groups in total. The van der Waals surface area contributed by atoms with Crippen molar-refractivity contribution in [1.82, 2.24) is 0 Å². The molecule has 0 aliphatic heterocycles. The number of rotatable bonds is 9. The van der Waals surface area contributed by atoms with E-state index in [1.807, 2.05) is 6.08 Å². The normalized spacial score (nSPS) is 10.2. The standard InChI is InChI=1S/C14H22/c1-3-5-7-9-11-13-14-12-10-8-6-4-2/h1,4,9,11H,2,5-8,10,12-14H2. The second-order valence-electron chi connectivity index (χ2n) is 3.49. The summed E-state index contributed by atoms with van der Waals surface area (Å²) in [4.78, 5) is 0. The van der Waals surface area contributed by atoms with Gasteiger partial charge >= 0.3 is 0 Å². The van der Waals surface area contributed by atoms with Crippen LogP contribution in [0.2, 0.25) is 0 Å². The SMILES string of the molecule is C#CCCC=CCCCCCCC=C. The van der Waals surface area contributed by atoms with E-state index in [-0.39, 0.29) is 0 Å². The Bertz CT molecular complexity index is 181. The first-order valence-electron chi connectivity index (χ1n) is 5.61. The van der Waals surface area contributed by atoms with E-state index >= 15 is 0 Å². The highest BCUT2D eigenvalue weighted by atomic mass is 13.9. The van der Waals surface area contributed by atoms with Crippen molar-refractivity contribution in [3.8, 4) is 12.3 Å². The summed E-state index contributed by atoms with van der Waals surface area (Å²) in [6.07, 6.45) is 21.2. The van der Waals surface area contributed by atoms with Crippen LogP contribution >= 0.6 is 0 Å². The van der Waals surface area contributed by atoms with E-state index in [1.54, 1.807) is 0 Å². The average Bonchev–Trinajstić information content (AvgIpc) is 2.21. The van der Waals surface area contributed by atoms with Gasteiger partial charge in [-0.05, 0) is 32.1 Å². The molecule has 0 spiro atoms. The second-order valence-corrected chi connectivity index (χ2v) is 3.49. The lowest BCUT2D eigenvalue weighted by molar-refractivity contribution is 0.652. The van der Waals surface area contributed by atoms with E-state index < -0.39 is 0 Å². The molecule has 78 valence electrons. The largest absolute Gasteiger partial charge is 0.120 e. The predicted molar refractivity (Wildman–Crippen MR) is 65.1 cm³/mol. The quantitative estimate of drug-likeness (QED) is 0.285. The highest BCUT2D eigenvalue weighted by molar-refractivity contribution is 4.90. The molecule has 0 radical (unpaired) electrons. The molecule has 0 amide bonds. The van der Waals surface area contributed by atoms with Crippen LogP contribution < -0.4 is 0 Å². The Balaban J connectivity index is 3.02. The maximum atomic E-state index is 5.15. The van der Waals surface area contributed by atoms with E-state index in [2.05, 4.69) is 24.7 Å². The van der Waals surface area contributed by atoms with Crippen LogP contribution in [0.25, 0.3) is 0 Å². The van der Waals surface area contributed by atoms with Gasteiger partial charge in [-0.15, -0.1) is 18.9 Å². The monoisotopic (exact) mass is 190 g/mol. The lowest BCUT2D eigenvalue weighted by Crippen LogP contribution is -1.76. The molecule has 0 aromatic rings. The molecule has 0 aliphatic carbocycles. The van der Waals surface area contributed by atoms with Crippen LogP contribution in [0, 0.1) is 12.3 Å². The molecule has 14 heavy (non-hydrogen) atoms. The molecule has 0 fully saturated rings. The Morgan fingerprint density at radius 3 is 2.21 bits per heavy atom. The van der Waals surface area contributed by atoms with Gasteiger partial charge < -0.3 is 0 Å². The summed E-state index contributed by atoms with van der Waals surface area (Å²) in [6, 6.07) is 0. The fourth-order valence-corrected chi connectivity index (χ4v) is 1.31. The molecule has 0 atom stereocenters. The van der Waals surface area contributed by atoms with E-state index in [9.17, 15) is 0 Å². The predicted octanol–water partition coefficient (Wildman–Crippen LogP) is 4.48. The Labute approximate surface area is 89.1 Å². The maximum absolute atomic E-state index is 5.15. The van der Waals surface area contributed by atoms with Gasteiger partial charge in [-0.3, -0.25) is 0 Å². The smallest absolute Gasteiger partial charge is 0.0121 e. The number of allylic oxidation sites excluding steroid dienone is 3. The molecule has 0 bridgehead atoms. The average molecular weight is 190 g/mol. The van der Waals surface area contributed by atoms with Gasteiger partial charge in [0.1, 0.15) is 0 Å². The van der Waals surface area contributed by atoms with Crippen molar-refractivity contribution in [2.75, 3.05) is 0 Å². The lowest BCUT2D eigenvalue weighted by Gasteiger charge is -1.96. The minimum absolute atomic E-state index is 0.871. The molecule has 0 rings (SSSR count). The number of hydrogen-bond acceptors (Lipinski definition) is 0. The summed E-state index contributed by atoms with van der Waals surface area (Å²) in [5, 5.41) is 0. The van der Waals surface area contributed by atoms with Crippen LogP contribution in [0.15, 0.2) is 24.8 Å². The highest BCUT2D eigenvalue weighted by Crippen LogP contribution is 2.06. The van der Waals surface area contributed by atoms with Crippen molar-refractivity contribution in [2.45, 2.75) is 51.4 Å². The van der Waals surface area contributed by atoms with Gasteiger partial charge in [-0.2, -0.15) is 0 Å². The summed E-state index contributed by atoms with van der Waals surface area (Å²) >= 11 is 0. The molecular formula is C14H22. The van der Waals surface area contributed by atoms with Crippen LogP contribution in [-0.4, -0.2) is 0 Å². The van der Waals surface area contributed by atoms with E-state index in [0.29, 0.717) is 0 Å². The first-order chi connectivity index (χ1) is 6.91. The van der Waals surface area contributed by atoms with Gasteiger partial charge in [0, 0.05) is 6.42 Å². The molecule has 0 aliphatic rings. The van der Waals surface area contributed by atoms with E-state index in [1.165, 1.54) is 32.1 Å². The summed E-state index contributed by atoms with van der Waals surface area (Å²) in [5.74, 6) is 2.63. The van der Waals surface area contributed by atoms with Gasteiger partial charge in [0.2, 0.25) is 0 Å². The third kappa shape index (κ3) is 11.0. The fraction of sp³-hybridized carbons (Fsp3) is 0.571. The molecule has 0 saturated carbocycles. The molecule has 0 heteroatoms.